The number of benzene rings is 2. The van der Waals surface area contributed by atoms with Crippen molar-refractivity contribution in [2.24, 2.45) is 16.8 Å². The fraction of sp³-hybridized carbons (Fsp3) is 0.406. The first-order chi connectivity index (χ1) is 21.7. The number of aliphatic imine (C=N–C) groups is 1. The van der Waals surface area contributed by atoms with Crippen LogP contribution in [0.15, 0.2) is 72.0 Å². The van der Waals surface area contributed by atoms with E-state index in [-0.39, 0.29) is 23.0 Å². The van der Waals surface area contributed by atoms with Crippen molar-refractivity contribution in [2.75, 3.05) is 24.6 Å². The van der Waals surface area contributed by atoms with Gasteiger partial charge in [0, 0.05) is 13.1 Å². The number of aliphatic hydroxyl groups is 3. The first-order valence-corrected chi connectivity index (χ1v) is 14.9. The van der Waals surface area contributed by atoms with Gasteiger partial charge in [-0.3, -0.25) is 4.57 Å². The highest BCUT2D eigenvalue weighted by atomic mass is 16.6. The SMILES string of the molecule is CC(C)CN(/C=N/c1nc(OC(=O)N(c2ccccc2)c2ccccc2)nc2c1ncn2[C@@H]1O[C@H](CO)[C@@H](O)[C@H]1O)CC(C)C. The quantitative estimate of drug-likeness (QED) is 0.166. The van der Waals surface area contributed by atoms with E-state index in [1.807, 2.05) is 36.4 Å². The number of aromatic nitrogens is 4. The van der Waals surface area contributed by atoms with Gasteiger partial charge in [-0.2, -0.15) is 9.97 Å². The topological polar surface area (TPSA) is 159 Å². The molecule has 1 fully saturated rings. The minimum Gasteiger partial charge on any atom is -0.394 e. The van der Waals surface area contributed by atoms with E-state index in [2.05, 4.69) is 52.5 Å². The van der Waals surface area contributed by atoms with Crippen molar-refractivity contribution in [2.45, 2.75) is 52.2 Å². The molecule has 2 aromatic heterocycles. The summed E-state index contributed by atoms with van der Waals surface area (Å²) in [6.07, 6.45) is -2.54. The molecule has 1 aliphatic heterocycles. The Morgan fingerprint density at radius 2 is 1.58 bits per heavy atom. The molecular formula is C32H39N7O6. The van der Waals surface area contributed by atoms with Crippen LogP contribution in [0.3, 0.4) is 0 Å². The van der Waals surface area contributed by atoms with Crippen LogP contribution in [0.25, 0.3) is 11.2 Å². The summed E-state index contributed by atoms with van der Waals surface area (Å²) in [5, 5.41) is 30.7. The van der Waals surface area contributed by atoms with Gasteiger partial charge in [0.15, 0.2) is 23.2 Å². The van der Waals surface area contributed by atoms with Crippen LogP contribution < -0.4 is 9.64 Å². The fourth-order valence-corrected chi connectivity index (χ4v) is 5.19. The lowest BCUT2D eigenvalue weighted by molar-refractivity contribution is -0.0511. The highest BCUT2D eigenvalue weighted by Crippen LogP contribution is 2.34. The monoisotopic (exact) mass is 617 g/mol. The van der Waals surface area contributed by atoms with E-state index in [1.54, 1.807) is 30.6 Å². The van der Waals surface area contributed by atoms with E-state index in [9.17, 15) is 20.1 Å². The maximum atomic E-state index is 13.8. The highest BCUT2D eigenvalue weighted by Gasteiger charge is 2.44. The third kappa shape index (κ3) is 7.28. The van der Waals surface area contributed by atoms with E-state index >= 15 is 0 Å². The van der Waals surface area contributed by atoms with E-state index in [0.29, 0.717) is 23.2 Å². The summed E-state index contributed by atoms with van der Waals surface area (Å²) in [7, 11) is 0. The molecule has 1 amide bonds. The van der Waals surface area contributed by atoms with Gasteiger partial charge in [0.25, 0.3) is 0 Å². The fourth-order valence-electron chi connectivity index (χ4n) is 5.19. The van der Waals surface area contributed by atoms with Crippen LogP contribution in [-0.2, 0) is 4.74 Å². The zero-order valence-electron chi connectivity index (χ0n) is 25.7. The van der Waals surface area contributed by atoms with E-state index in [1.165, 1.54) is 15.8 Å². The zero-order valence-corrected chi connectivity index (χ0v) is 25.7. The van der Waals surface area contributed by atoms with E-state index in [0.717, 1.165) is 13.1 Å². The molecule has 13 heteroatoms. The summed E-state index contributed by atoms with van der Waals surface area (Å²) in [6.45, 7) is 9.51. The standard InChI is InChI=1S/C32H39N7O6/c1-20(2)15-37(16-21(3)4)18-34-28-25-29(38(19-33-25)30-27(42)26(41)24(17-40)44-30)36-31(35-28)45-32(43)39(22-11-7-5-8-12-22)23-13-9-6-10-14-23/h5-14,18-21,24,26-27,30,40-42H,15-17H2,1-4H3/b34-18+/t24-,26-,27-,30-/m1/s1. The number of carbonyl (C=O) groups excluding carboxylic acids is 1. The molecule has 5 rings (SSSR count). The van der Waals surface area contributed by atoms with Crippen molar-refractivity contribution < 1.29 is 29.6 Å². The number of anilines is 2. The normalized spacial score (nSPS) is 20.0. The molecular weight excluding hydrogens is 578 g/mol. The Hall–Kier alpha value is -4.43. The summed E-state index contributed by atoms with van der Waals surface area (Å²) in [5.41, 5.74) is 1.56. The number of nitrogens with zero attached hydrogens (tertiary/aromatic N) is 7. The van der Waals surface area contributed by atoms with Gasteiger partial charge in [-0.25, -0.2) is 19.7 Å². The van der Waals surface area contributed by atoms with Crippen molar-refractivity contribution in [1.82, 2.24) is 24.4 Å². The number of amides is 1. The van der Waals surface area contributed by atoms with Crippen LogP contribution in [0, 0.1) is 11.8 Å². The summed E-state index contributed by atoms with van der Waals surface area (Å²) < 4.78 is 12.9. The largest absolute Gasteiger partial charge is 0.426 e. The Bertz CT molecular complexity index is 1550. The molecule has 0 saturated carbocycles. The number of hydrogen-bond acceptors (Lipinski definition) is 10. The lowest BCUT2D eigenvalue weighted by Crippen LogP contribution is -2.33. The molecule has 0 spiro atoms. The van der Waals surface area contributed by atoms with Crippen LogP contribution in [0.1, 0.15) is 33.9 Å². The van der Waals surface area contributed by atoms with Gasteiger partial charge in [-0.05, 0) is 36.1 Å². The number of hydrogen-bond donors (Lipinski definition) is 3. The molecule has 4 atom stereocenters. The van der Waals surface area contributed by atoms with Crippen molar-refractivity contribution in [3.63, 3.8) is 0 Å². The molecule has 0 radical (unpaired) electrons. The molecule has 3 heterocycles. The minimum absolute atomic E-state index is 0.136. The number of rotatable bonds is 11. The Kier molecular flexibility index (Phi) is 10.0. The predicted octanol–water partition coefficient (Wildman–Crippen LogP) is 4.05. The van der Waals surface area contributed by atoms with E-state index in [4.69, 9.17) is 9.47 Å². The highest BCUT2D eigenvalue weighted by molar-refractivity contribution is 5.97. The van der Waals surface area contributed by atoms with E-state index < -0.39 is 37.2 Å². The summed E-state index contributed by atoms with van der Waals surface area (Å²) >= 11 is 0. The first kappa shape index (κ1) is 32.0. The molecule has 2 aromatic carbocycles. The predicted molar refractivity (Wildman–Crippen MR) is 169 cm³/mol. The van der Waals surface area contributed by atoms with Gasteiger partial charge in [-0.15, -0.1) is 0 Å². The minimum atomic E-state index is -1.38. The van der Waals surface area contributed by atoms with Gasteiger partial charge in [-0.1, -0.05) is 64.1 Å². The molecule has 13 nitrogen and oxygen atoms in total. The smallest absolute Gasteiger partial charge is 0.394 e. The van der Waals surface area contributed by atoms with Crippen molar-refractivity contribution in [3.05, 3.63) is 67.0 Å². The maximum absolute atomic E-state index is 13.8. The second-order valence-corrected chi connectivity index (χ2v) is 11.7. The van der Waals surface area contributed by atoms with Gasteiger partial charge in [0.2, 0.25) is 0 Å². The zero-order chi connectivity index (χ0) is 32.1. The number of para-hydroxylation sites is 2. The third-order valence-corrected chi connectivity index (χ3v) is 7.11. The van der Waals surface area contributed by atoms with Gasteiger partial charge in [0.05, 0.1) is 30.6 Å². The van der Waals surface area contributed by atoms with Gasteiger partial charge < -0.3 is 29.7 Å². The molecule has 0 aliphatic carbocycles. The second kappa shape index (κ2) is 14.1. The number of fused-ring (bicyclic) bond motifs is 1. The maximum Gasteiger partial charge on any atom is 0.426 e. The van der Waals surface area contributed by atoms with Crippen LogP contribution in [0.2, 0.25) is 0 Å². The van der Waals surface area contributed by atoms with Crippen LogP contribution in [0.5, 0.6) is 6.01 Å². The van der Waals surface area contributed by atoms with Crippen molar-refractivity contribution >= 4 is 40.8 Å². The van der Waals surface area contributed by atoms with Crippen LogP contribution in [0.4, 0.5) is 22.0 Å². The summed E-state index contributed by atoms with van der Waals surface area (Å²) in [4.78, 5) is 35.3. The Balaban J connectivity index is 1.57. The third-order valence-electron chi connectivity index (χ3n) is 7.11. The molecule has 238 valence electrons. The molecule has 45 heavy (non-hydrogen) atoms. The Morgan fingerprint density at radius 1 is 0.978 bits per heavy atom. The van der Waals surface area contributed by atoms with Gasteiger partial charge in [0.1, 0.15) is 18.3 Å². The summed E-state index contributed by atoms with van der Waals surface area (Å²) in [5.74, 6) is 0.896. The average molecular weight is 618 g/mol. The van der Waals surface area contributed by atoms with Crippen LogP contribution >= 0.6 is 0 Å². The number of carbonyl (C=O) groups is 1. The number of ether oxygens (including phenoxy) is 2. The average Bonchev–Trinajstić information content (AvgIpc) is 3.56. The second-order valence-electron chi connectivity index (χ2n) is 11.7. The van der Waals surface area contributed by atoms with Crippen molar-refractivity contribution in [3.8, 4) is 6.01 Å². The lowest BCUT2D eigenvalue weighted by atomic mass is 10.1. The molecule has 0 unspecified atom stereocenters. The molecule has 3 N–H and O–H groups in total. The van der Waals surface area contributed by atoms with Crippen LogP contribution in [-0.4, -0.2) is 90.2 Å². The Morgan fingerprint density at radius 3 is 2.11 bits per heavy atom. The number of aliphatic hydroxyl groups excluding tert-OH is 3. The lowest BCUT2D eigenvalue weighted by Gasteiger charge is -2.23. The molecule has 4 aromatic rings. The first-order valence-electron chi connectivity index (χ1n) is 14.9. The van der Waals surface area contributed by atoms with Gasteiger partial charge >= 0.3 is 12.1 Å². The Labute approximate surface area is 261 Å². The molecule has 1 saturated heterocycles. The molecule has 1 aliphatic rings. The molecule has 0 bridgehead atoms. The van der Waals surface area contributed by atoms with Crippen molar-refractivity contribution in [1.29, 1.82) is 0 Å². The number of imidazole rings is 1. The summed E-state index contributed by atoms with van der Waals surface area (Å²) in [6, 6.07) is 17.8.